The quantitative estimate of drug-likeness (QED) is 0.402. The van der Waals surface area contributed by atoms with Crippen LogP contribution in [0.1, 0.15) is 78.6 Å². The van der Waals surface area contributed by atoms with Gasteiger partial charge in [0.1, 0.15) is 6.10 Å². The van der Waals surface area contributed by atoms with Gasteiger partial charge in [-0.3, -0.25) is 9.59 Å². The molecule has 0 aliphatic rings. The highest BCUT2D eigenvalue weighted by Gasteiger charge is 2.12. The smallest absolute Gasteiger partial charge is 0.305 e. The van der Waals surface area contributed by atoms with Crippen LogP contribution >= 0.6 is 0 Å². The lowest BCUT2D eigenvalue weighted by Gasteiger charge is -2.16. The van der Waals surface area contributed by atoms with Gasteiger partial charge in [-0.1, -0.05) is 26.2 Å². The lowest BCUT2D eigenvalue weighted by molar-refractivity contribution is -0.147. The van der Waals surface area contributed by atoms with Gasteiger partial charge in [0.2, 0.25) is 0 Å². The van der Waals surface area contributed by atoms with Crippen molar-refractivity contribution in [2.75, 3.05) is 6.61 Å². The summed E-state index contributed by atoms with van der Waals surface area (Å²) in [5, 5.41) is 0. The molecule has 0 radical (unpaired) electrons. The van der Waals surface area contributed by atoms with Gasteiger partial charge in [-0.05, 0) is 39.0 Å². The first-order valence-electron chi connectivity index (χ1n) is 7.93. The average Bonchev–Trinajstić information content (AvgIpc) is 2.39. The second-order valence-electron chi connectivity index (χ2n) is 5.13. The number of hydrogen-bond donors (Lipinski definition) is 0. The number of ether oxygens (including phenoxy) is 2. The Morgan fingerprint density at radius 2 is 1.60 bits per heavy atom. The molecule has 0 amide bonds. The zero-order valence-electron chi connectivity index (χ0n) is 13.3. The molecule has 0 bridgehead atoms. The number of hydrogen-bond acceptors (Lipinski definition) is 4. The molecular weight excluding hydrogens is 256 g/mol. The zero-order chi connectivity index (χ0) is 15.2. The van der Waals surface area contributed by atoms with Gasteiger partial charge in [-0.25, -0.2) is 0 Å². The highest BCUT2D eigenvalue weighted by Crippen LogP contribution is 2.15. The van der Waals surface area contributed by atoms with Gasteiger partial charge >= 0.3 is 11.9 Å². The third-order valence-corrected chi connectivity index (χ3v) is 3.17. The topological polar surface area (TPSA) is 52.6 Å². The van der Waals surface area contributed by atoms with E-state index in [1.54, 1.807) is 0 Å². The predicted molar refractivity (Wildman–Crippen MR) is 79.4 cm³/mol. The second-order valence-corrected chi connectivity index (χ2v) is 5.13. The van der Waals surface area contributed by atoms with Gasteiger partial charge in [0, 0.05) is 13.3 Å². The molecule has 0 saturated heterocycles. The lowest BCUT2D eigenvalue weighted by atomic mass is 10.0. The molecule has 0 heterocycles. The van der Waals surface area contributed by atoms with E-state index < -0.39 is 0 Å². The Bertz CT molecular complexity index is 263. The molecule has 0 aliphatic carbocycles. The molecule has 1 unspecified atom stereocenters. The molecule has 1 atom stereocenters. The third kappa shape index (κ3) is 12.0. The molecule has 0 saturated carbocycles. The van der Waals surface area contributed by atoms with Gasteiger partial charge in [-0.15, -0.1) is 0 Å². The fourth-order valence-corrected chi connectivity index (χ4v) is 2.17. The van der Waals surface area contributed by atoms with Gasteiger partial charge in [0.25, 0.3) is 0 Å². The summed E-state index contributed by atoms with van der Waals surface area (Å²) >= 11 is 0. The fourth-order valence-electron chi connectivity index (χ4n) is 2.17. The fraction of sp³-hybridized carbons (Fsp3) is 0.875. The van der Waals surface area contributed by atoms with Crippen LogP contribution in [0.15, 0.2) is 0 Å². The number of rotatable bonds is 12. The molecule has 118 valence electrons. The van der Waals surface area contributed by atoms with Crippen LogP contribution in [0.25, 0.3) is 0 Å². The van der Waals surface area contributed by atoms with E-state index in [0.29, 0.717) is 13.0 Å². The Morgan fingerprint density at radius 3 is 2.15 bits per heavy atom. The van der Waals surface area contributed by atoms with Crippen LogP contribution in [0.4, 0.5) is 0 Å². The van der Waals surface area contributed by atoms with Crippen molar-refractivity contribution in [3.05, 3.63) is 0 Å². The zero-order valence-corrected chi connectivity index (χ0v) is 13.3. The van der Waals surface area contributed by atoms with Crippen LogP contribution in [0.3, 0.4) is 0 Å². The Kier molecular flexibility index (Phi) is 12.3. The van der Waals surface area contributed by atoms with Crippen LogP contribution in [-0.2, 0) is 19.1 Å². The minimum atomic E-state index is -0.212. The minimum absolute atomic E-state index is 0.00607. The summed E-state index contributed by atoms with van der Waals surface area (Å²) in [5.74, 6) is -0.352. The van der Waals surface area contributed by atoms with Crippen molar-refractivity contribution < 1.29 is 19.1 Å². The first-order valence-corrected chi connectivity index (χ1v) is 7.93. The molecule has 0 rings (SSSR count). The maximum absolute atomic E-state index is 11.2. The van der Waals surface area contributed by atoms with E-state index in [1.807, 2.05) is 6.92 Å². The molecule has 20 heavy (non-hydrogen) atoms. The SMILES string of the molecule is CCCCCCC(CCCCC(=O)OCC)OC(C)=O. The second kappa shape index (κ2) is 12.9. The van der Waals surface area contributed by atoms with E-state index in [9.17, 15) is 9.59 Å². The Morgan fingerprint density at radius 1 is 0.950 bits per heavy atom. The maximum Gasteiger partial charge on any atom is 0.305 e. The summed E-state index contributed by atoms with van der Waals surface area (Å²) < 4.78 is 10.2. The Labute approximate surface area is 123 Å². The van der Waals surface area contributed by atoms with Crippen molar-refractivity contribution in [2.45, 2.75) is 84.7 Å². The summed E-state index contributed by atoms with van der Waals surface area (Å²) in [6.07, 6.45) is 8.65. The van der Waals surface area contributed by atoms with E-state index >= 15 is 0 Å². The average molecular weight is 286 g/mol. The molecule has 0 aromatic rings. The van der Waals surface area contributed by atoms with E-state index in [2.05, 4.69) is 6.92 Å². The Hall–Kier alpha value is -1.06. The number of carbonyl (C=O) groups is 2. The monoisotopic (exact) mass is 286 g/mol. The van der Waals surface area contributed by atoms with E-state index in [-0.39, 0.29) is 18.0 Å². The van der Waals surface area contributed by atoms with Gasteiger partial charge in [-0.2, -0.15) is 0 Å². The Balaban J connectivity index is 3.79. The number of carbonyl (C=O) groups excluding carboxylic acids is 2. The van der Waals surface area contributed by atoms with Gasteiger partial charge in [0.15, 0.2) is 0 Å². The molecule has 0 aromatic carbocycles. The first-order chi connectivity index (χ1) is 9.60. The van der Waals surface area contributed by atoms with Crippen molar-refractivity contribution in [1.82, 2.24) is 0 Å². The van der Waals surface area contributed by atoms with Crippen LogP contribution in [0.2, 0.25) is 0 Å². The number of unbranched alkanes of at least 4 members (excludes halogenated alkanes) is 4. The predicted octanol–water partition coefficient (Wildman–Crippen LogP) is 4.01. The largest absolute Gasteiger partial charge is 0.466 e. The normalized spacial score (nSPS) is 11.9. The summed E-state index contributed by atoms with van der Waals surface area (Å²) in [6, 6.07) is 0. The van der Waals surface area contributed by atoms with Crippen LogP contribution in [-0.4, -0.2) is 24.6 Å². The summed E-state index contributed by atoms with van der Waals surface area (Å²) in [6.45, 7) is 5.88. The van der Waals surface area contributed by atoms with Crippen molar-refractivity contribution in [3.63, 3.8) is 0 Å². The summed E-state index contributed by atoms with van der Waals surface area (Å²) in [7, 11) is 0. The minimum Gasteiger partial charge on any atom is -0.466 e. The van der Waals surface area contributed by atoms with Crippen molar-refractivity contribution in [1.29, 1.82) is 0 Å². The molecule has 0 N–H and O–H groups in total. The first kappa shape index (κ1) is 18.9. The van der Waals surface area contributed by atoms with Crippen molar-refractivity contribution in [3.8, 4) is 0 Å². The third-order valence-electron chi connectivity index (χ3n) is 3.17. The molecule has 0 aliphatic heterocycles. The standard InChI is InChI=1S/C16H30O4/c1-4-6-7-8-11-15(20-14(3)17)12-9-10-13-16(18)19-5-2/h15H,4-13H2,1-3H3. The summed E-state index contributed by atoms with van der Waals surface area (Å²) in [5.41, 5.74) is 0. The maximum atomic E-state index is 11.2. The van der Waals surface area contributed by atoms with Gasteiger partial charge in [0.05, 0.1) is 6.61 Å². The highest BCUT2D eigenvalue weighted by molar-refractivity contribution is 5.69. The molecule has 0 spiro atoms. The molecular formula is C16H30O4. The van der Waals surface area contributed by atoms with Crippen molar-refractivity contribution >= 4 is 11.9 Å². The molecule has 4 heteroatoms. The van der Waals surface area contributed by atoms with E-state index in [1.165, 1.54) is 26.2 Å². The lowest BCUT2D eigenvalue weighted by Crippen LogP contribution is -2.16. The van der Waals surface area contributed by atoms with Crippen LogP contribution < -0.4 is 0 Å². The molecule has 4 nitrogen and oxygen atoms in total. The molecule has 0 fully saturated rings. The van der Waals surface area contributed by atoms with Crippen molar-refractivity contribution in [2.24, 2.45) is 0 Å². The summed E-state index contributed by atoms with van der Waals surface area (Å²) in [4.78, 5) is 22.3. The number of esters is 2. The van der Waals surface area contributed by atoms with Crippen LogP contribution in [0, 0.1) is 0 Å². The van der Waals surface area contributed by atoms with Gasteiger partial charge < -0.3 is 9.47 Å². The molecule has 0 aromatic heterocycles. The highest BCUT2D eigenvalue weighted by atomic mass is 16.5. The van der Waals surface area contributed by atoms with E-state index in [0.717, 1.165) is 32.1 Å². The van der Waals surface area contributed by atoms with E-state index in [4.69, 9.17) is 9.47 Å². The van der Waals surface area contributed by atoms with Crippen LogP contribution in [0.5, 0.6) is 0 Å².